The van der Waals surface area contributed by atoms with Crippen LogP contribution in [0.1, 0.15) is 33.2 Å². The fourth-order valence-corrected chi connectivity index (χ4v) is 5.05. The van der Waals surface area contributed by atoms with E-state index in [1.165, 1.54) is 27.4 Å². The number of ether oxygens (including phenoxy) is 6. The van der Waals surface area contributed by atoms with E-state index in [0.29, 0.717) is 57.5 Å². The highest BCUT2D eigenvalue weighted by Gasteiger charge is 2.30. The van der Waals surface area contributed by atoms with Crippen molar-refractivity contribution in [3.05, 3.63) is 101 Å². The summed E-state index contributed by atoms with van der Waals surface area (Å²) in [5, 5.41) is 0.558. The number of allylic oxidation sites excluding steroid dienone is 1. The Balaban J connectivity index is 1.31. The number of fused-ring (bicyclic) bond motifs is 2. The van der Waals surface area contributed by atoms with Gasteiger partial charge < -0.3 is 32.8 Å². The maximum Gasteiger partial charge on any atom is 0.348 e. The van der Waals surface area contributed by atoms with E-state index >= 15 is 0 Å². The average molecular weight is 593 g/mol. The van der Waals surface area contributed by atoms with Gasteiger partial charge in [0.1, 0.15) is 34.2 Å². The molecule has 0 unspecified atom stereocenters. The number of esters is 1. The summed E-state index contributed by atoms with van der Waals surface area (Å²) in [6, 6.07) is 22.7. The molecule has 9 heteroatoms. The number of carbonyl (C=O) groups is 2. The highest BCUT2D eigenvalue weighted by molar-refractivity contribution is 6.15. The third kappa shape index (κ3) is 5.20. The molecule has 1 aliphatic heterocycles. The molecular formula is C35H28O9. The van der Waals surface area contributed by atoms with Crippen molar-refractivity contribution in [3.63, 3.8) is 0 Å². The van der Waals surface area contributed by atoms with Crippen LogP contribution in [-0.4, -0.2) is 39.7 Å². The van der Waals surface area contributed by atoms with Crippen molar-refractivity contribution in [2.24, 2.45) is 0 Å². The summed E-state index contributed by atoms with van der Waals surface area (Å²) in [5.41, 5.74) is 2.44. The number of furan rings is 1. The highest BCUT2D eigenvalue weighted by atomic mass is 16.5. The number of Topliss-reactive ketones (excluding diaryl/α,β-unsaturated/α-hetero) is 1. The van der Waals surface area contributed by atoms with Crippen LogP contribution in [0.5, 0.6) is 34.5 Å². The van der Waals surface area contributed by atoms with E-state index in [4.69, 9.17) is 32.8 Å². The van der Waals surface area contributed by atoms with Gasteiger partial charge in [-0.2, -0.15) is 0 Å². The minimum atomic E-state index is -0.631. The van der Waals surface area contributed by atoms with E-state index in [1.807, 2.05) is 37.3 Å². The molecule has 2 heterocycles. The van der Waals surface area contributed by atoms with Gasteiger partial charge in [0.05, 0.1) is 33.5 Å². The number of carbonyl (C=O) groups excluding carboxylic acids is 2. The Hall–Kier alpha value is -5.70. The van der Waals surface area contributed by atoms with Crippen LogP contribution in [0.25, 0.3) is 28.4 Å². The van der Waals surface area contributed by atoms with Gasteiger partial charge in [-0.3, -0.25) is 4.79 Å². The van der Waals surface area contributed by atoms with E-state index in [1.54, 1.807) is 48.5 Å². The minimum Gasteiger partial charge on any atom is -0.494 e. The lowest BCUT2D eigenvalue weighted by atomic mass is 10.1. The van der Waals surface area contributed by atoms with Gasteiger partial charge in [0, 0.05) is 17.0 Å². The predicted octanol–water partition coefficient (Wildman–Crippen LogP) is 7.36. The van der Waals surface area contributed by atoms with E-state index < -0.39 is 5.97 Å². The lowest BCUT2D eigenvalue weighted by molar-refractivity contribution is 0.0736. The largest absolute Gasteiger partial charge is 0.494 e. The Morgan fingerprint density at radius 2 is 1.57 bits per heavy atom. The molecule has 0 N–H and O–H groups in total. The lowest BCUT2D eigenvalue weighted by Crippen LogP contribution is -2.09. The second-order valence-corrected chi connectivity index (χ2v) is 9.71. The molecule has 0 saturated carbocycles. The smallest absolute Gasteiger partial charge is 0.348 e. The summed E-state index contributed by atoms with van der Waals surface area (Å²) in [6.45, 7) is 2.36. The molecule has 44 heavy (non-hydrogen) atoms. The molecule has 6 rings (SSSR count). The van der Waals surface area contributed by atoms with Crippen LogP contribution in [0.4, 0.5) is 0 Å². The molecular weight excluding hydrogens is 564 g/mol. The van der Waals surface area contributed by atoms with Crippen LogP contribution in [0.15, 0.2) is 89.0 Å². The van der Waals surface area contributed by atoms with Crippen LogP contribution in [0.3, 0.4) is 0 Å². The van der Waals surface area contributed by atoms with Crippen molar-refractivity contribution in [1.29, 1.82) is 0 Å². The van der Waals surface area contributed by atoms with Crippen molar-refractivity contribution in [3.8, 4) is 45.8 Å². The van der Waals surface area contributed by atoms with Gasteiger partial charge >= 0.3 is 5.97 Å². The van der Waals surface area contributed by atoms with E-state index in [-0.39, 0.29) is 28.6 Å². The number of ketones is 1. The molecule has 1 aliphatic rings. The first-order chi connectivity index (χ1) is 21.4. The summed E-state index contributed by atoms with van der Waals surface area (Å²) in [4.78, 5) is 26.9. The first-order valence-corrected chi connectivity index (χ1v) is 13.8. The number of rotatable bonds is 9. The molecule has 0 spiro atoms. The van der Waals surface area contributed by atoms with Gasteiger partial charge in [-0.05, 0) is 61.0 Å². The van der Waals surface area contributed by atoms with Crippen LogP contribution in [0.2, 0.25) is 0 Å². The van der Waals surface area contributed by atoms with Crippen LogP contribution >= 0.6 is 0 Å². The van der Waals surface area contributed by atoms with Crippen molar-refractivity contribution in [1.82, 2.24) is 0 Å². The monoisotopic (exact) mass is 592 g/mol. The number of benzene rings is 4. The molecule has 0 bridgehead atoms. The Bertz CT molecular complexity index is 1890. The standard InChI is InChI=1S/C35H28O9/c1-5-41-22-12-14-26-25(18-22)31(33(44-26)21-9-7-6-8-10-21)35(37)42-23-11-13-24-27(19-23)43-28(32(24)36)15-20-16-29(38-2)34(40-4)30(17-20)39-3/h6-19H,5H2,1-4H3/b28-15-. The van der Waals surface area contributed by atoms with E-state index in [9.17, 15) is 9.59 Å². The molecule has 0 saturated heterocycles. The Kier molecular flexibility index (Phi) is 7.68. The summed E-state index contributed by atoms with van der Waals surface area (Å²) in [6.07, 6.45) is 1.58. The zero-order valence-electron chi connectivity index (χ0n) is 24.5. The first kappa shape index (κ1) is 28.4. The number of hydrogen-bond acceptors (Lipinski definition) is 9. The normalized spacial score (nSPS) is 13.0. The van der Waals surface area contributed by atoms with Crippen molar-refractivity contribution >= 4 is 28.8 Å². The molecule has 4 aromatic carbocycles. The average Bonchev–Trinajstić information content (AvgIpc) is 3.57. The summed E-state index contributed by atoms with van der Waals surface area (Å²) in [5.74, 6) is 1.89. The van der Waals surface area contributed by atoms with Crippen LogP contribution in [-0.2, 0) is 0 Å². The summed E-state index contributed by atoms with van der Waals surface area (Å²) >= 11 is 0. The molecule has 0 radical (unpaired) electrons. The molecule has 0 atom stereocenters. The predicted molar refractivity (Wildman–Crippen MR) is 163 cm³/mol. The molecule has 222 valence electrons. The summed E-state index contributed by atoms with van der Waals surface area (Å²) < 4.78 is 39.7. The summed E-state index contributed by atoms with van der Waals surface area (Å²) in [7, 11) is 4.53. The Morgan fingerprint density at radius 1 is 0.841 bits per heavy atom. The third-order valence-electron chi connectivity index (χ3n) is 7.05. The maximum absolute atomic E-state index is 13.7. The van der Waals surface area contributed by atoms with Crippen molar-refractivity contribution < 1.29 is 42.4 Å². The van der Waals surface area contributed by atoms with Gasteiger partial charge in [0.15, 0.2) is 17.3 Å². The zero-order valence-corrected chi connectivity index (χ0v) is 24.5. The van der Waals surface area contributed by atoms with Gasteiger partial charge in [-0.1, -0.05) is 30.3 Å². The second kappa shape index (κ2) is 11.9. The van der Waals surface area contributed by atoms with Gasteiger partial charge in [0.25, 0.3) is 0 Å². The molecule has 0 aliphatic carbocycles. The molecule has 1 aromatic heterocycles. The Labute approximate surface area is 253 Å². The topological polar surface area (TPSA) is 103 Å². The van der Waals surface area contributed by atoms with E-state index in [0.717, 1.165) is 5.56 Å². The quantitative estimate of drug-likeness (QED) is 0.0987. The van der Waals surface area contributed by atoms with Crippen molar-refractivity contribution in [2.45, 2.75) is 6.92 Å². The van der Waals surface area contributed by atoms with Gasteiger partial charge in [-0.25, -0.2) is 4.79 Å². The van der Waals surface area contributed by atoms with E-state index in [2.05, 4.69) is 0 Å². The fourth-order valence-electron chi connectivity index (χ4n) is 5.05. The van der Waals surface area contributed by atoms with Gasteiger partial charge in [-0.15, -0.1) is 0 Å². The Morgan fingerprint density at radius 3 is 2.25 bits per heavy atom. The SMILES string of the molecule is CCOc1ccc2oc(-c3ccccc3)c(C(=O)Oc3ccc4c(c3)O/C(=C\c3cc(OC)c(OC)c(OC)c3)C4=O)c2c1. The fraction of sp³-hybridized carbons (Fsp3) is 0.143. The molecule has 0 amide bonds. The number of hydrogen-bond donors (Lipinski definition) is 0. The van der Waals surface area contributed by atoms with Crippen molar-refractivity contribution in [2.75, 3.05) is 27.9 Å². The third-order valence-corrected chi connectivity index (χ3v) is 7.05. The minimum absolute atomic E-state index is 0.0911. The first-order valence-electron chi connectivity index (χ1n) is 13.8. The number of methoxy groups -OCH3 is 3. The maximum atomic E-state index is 13.7. The highest BCUT2D eigenvalue weighted by Crippen LogP contribution is 2.41. The molecule has 0 fully saturated rings. The second-order valence-electron chi connectivity index (χ2n) is 9.71. The molecule has 9 nitrogen and oxygen atoms in total. The van der Waals surface area contributed by atoms with Crippen LogP contribution in [0, 0.1) is 0 Å². The molecule has 5 aromatic rings. The van der Waals surface area contributed by atoms with Crippen LogP contribution < -0.4 is 28.4 Å². The lowest BCUT2D eigenvalue weighted by Gasteiger charge is -2.13. The van der Waals surface area contributed by atoms with Gasteiger partial charge in [0.2, 0.25) is 11.5 Å². The zero-order chi connectivity index (χ0) is 30.8.